The second-order valence-corrected chi connectivity index (χ2v) is 8.52. The second kappa shape index (κ2) is 9.70. The molecule has 3 heterocycles. The second-order valence-electron chi connectivity index (χ2n) is 7.49. The van der Waals surface area contributed by atoms with Gasteiger partial charge in [-0.2, -0.15) is 0 Å². The Balaban J connectivity index is 1.34. The minimum atomic E-state index is -0.155. The van der Waals surface area contributed by atoms with Crippen LogP contribution in [0.1, 0.15) is 16.1 Å². The molecule has 5 rings (SSSR count). The topological polar surface area (TPSA) is 69.5 Å². The molecule has 0 N–H and O–H groups in total. The highest BCUT2D eigenvalue weighted by Gasteiger charge is 2.19. The molecule has 1 aliphatic heterocycles. The van der Waals surface area contributed by atoms with E-state index in [0.29, 0.717) is 43.5 Å². The number of carbonyl (C=O) groups excluding carboxylic acids is 1. The molecule has 0 bridgehead atoms. The number of amides is 1. The number of ether oxygens (including phenoxy) is 2. The third-order valence-electron chi connectivity index (χ3n) is 5.14. The van der Waals surface area contributed by atoms with Crippen LogP contribution in [0.3, 0.4) is 0 Å². The van der Waals surface area contributed by atoms with Crippen molar-refractivity contribution in [1.29, 1.82) is 0 Å². The molecule has 8 heteroatoms. The summed E-state index contributed by atoms with van der Waals surface area (Å²) in [5, 5.41) is 10.3. The molecule has 2 aromatic heterocycles. The van der Waals surface area contributed by atoms with Gasteiger partial charge in [0.25, 0.3) is 5.91 Å². The monoisotopic (exact) mass is 458 g/mol. The van der Waals surface area contributed by atoms with Crippen LogP contribution in [-0.4, -0.2) is 34.1 Å². The predicted molar refractivity (Wildman–Crippen MR) is 128 cm³/mol. The summed E-state index contributed by atoms with van der Waals surface area (Å²) in [5.74, 6) is 1.19. The van der Waals surface area contributed by atoms with E-state index in [0.717, 1.165) is 16.1 Å². The third-order valence-corrected chi connectivity index (χ3v) is 6.00. The van der Waals surface area contributed by atoms with Gasteiger partial charge in [0.2, 0.25) is 0 Å². The summed E-state index contributed by atoms with van der Waals surface area (Å²) in [6.07, 6.45) is 5.04. The first-order valence-corrected chi connectivity index (χ1v) is 11.5. The lowest BCUT2D eigenvalue weighted by Gasteiger charge is -2.24. The molecule has 7 nitrogen and oxygen atoms in total. The minimum Gasteiger partial charge on any atom is -0.486 e. The van der Waals surface area contributed by atoms with Gasteiger partial charge in [-0.1, -0.05) is 41.6 Å². The number of fused-ring (bicyclic) bond motifs is 1. The quantitative estimate of drug-likeness (QED) is 0.384. The molecule has 166 valence electrons. The van der Waals surface area contributed by atoms with Crippen LogP contribution in [0, 0.1) is 0 Å². The molecule has 2 aromatic carbocycles. The van der Waals surface area contributed by atoms with Crippen molar-refractivity contribution in [1.82, 2.24) is 15.0 Å². The average Bonchev–Trinajstić information content (AvgIpc) is 3.53. The number of aromatic nitrogens is 3. The zero-order valence-corrected chi connectivity index (χ0v) is 18.6. The van der Waals surface area contributed by atoms with Crippen molar-refractivity contribution in [3.8, 4) is 11.5 Å². The summed E-state index contributed by atoms with van der Waals surface area (Å²) in [5.41, 5.74) is 2.50. The number of nitrogens with zero attached hydrogens (tertiary/aromatic N) is 4. The maximum absolute atomic E-state index is 13.2. The summed E-state index contributed by atoms with van der Waals surface area (Å²) in [6, 6.07) is 19.6. The van der Waals surface area contributed by atoms with Gasteiger partial charge in [0.05, 0.1) is 19.3 Å². The van der Waals surface area contributed by atoms with Crippen molar-refractivity contribution in [3.05, 3.63) is 94.5 Å². The molecule has 4 aromatic rings. The smallest absolute Gasteiger partial charge is 0.251 e. The maximum atomic E-state index is 13.2. The Morgan fingerprint density at radius 2 is 1.91 bits per heavy atom. The van der Waals surface area contributed by atoms with Crippen LogP contribution in [0.15, 0.2) is 78.3 Å². The summed E-state index contributed by atoms with van der Waals surface area (Å²) in [4.78, 5) is 16.0. The number of anilines is 1. The maximum Gasteiger partial charge on any atom is 0.251 e. The predicted octanol–water partition coefficient (Wildman–Crippen LogP) is 4.41. The van der Waals surface area contributed by atoms with Crippen LogP contribution in [-0.2, 0) is 17.9 Å². The zero-order valence-electron chi connectivity index (χ0n) is 17.8. The molecule has 0 radical (unpaired) electrons. The number of benzene rings is 2. The van der Waals surface area contributed by atoms with Crippen molar-refractivity contribution >= 4 is 29.0 Å². The average molecular weight is 459 g/mol. The SMILES string of the molecule is O=C(/C=C/c1cn(Cc2ccccc2)nn1)N(Cc1cccs1)c1ccc2c(c1)OCCO2. The van der Waals surface area contributed by atoms with Crippen molar-refractivity contribution in [3.63, 3.8) is 0 Å². The molecule has 1 amide bonds. The van der Waals surface area contributed by atoms with Crippen LogP contribution in [0.2, 0.25) is 0 Å². The standard InChI is InChI=1S/C25H22N4O3S/c30-25(11-8-20-17-28(27-26-20)16-19-5-2-1-3-6-19)29(18-22-7-4-14-33-22)21-9-10-23-24(15-21)32-13-12-31-23/h1-11,14-15,17H,12-13,16,18H2/b11-8+. The van der Waals surface area contributed by atoms with Crippen molar-refractivity contribution in [2.24, 2.45) is 0 Å². The highest BCUT2D eigenvalue weighted by atomic mass is 32.1. The molecule has 1 aliphatic rings. The summed E-state index contributed by atoms with van der Waals surface area (Å²) in [6.45, 7) is 2.10. The molecule has 0 spiro atoms. The molecule has 0 atom stereocenters. The summed E-state index contributed by atoms with van der Waals surface area (Å²) < 4.78 is 13.1. The van der Waals surface area contributed by atoms with Crippen LogP contribution in [0.25, 0.3) is 6.08 Å². The Bertz CT molecular complexity index is 1250. The summed E-state index contributed by atoms with van der Waals surface area (Å²) in [7, 11) is 0. The largest absolute Gasteiger partial charge is 0.486 e. The van der Waals surface area contributed by atoms with Crippen LogP contribution in [0.5, 0.6) is 11.5 Å². The van der Waals surface area contributed by atoms with Gasteiger partial charge < -0.3 is 14.4 Å². The molecule has 0 fully saturated rings. The van der Waals surface area contributed by atoms with Gasteiger partial charge in [0, 0.05) is 22.7 Å². The molecule has 0 aliphatic carbocycles. The number of hydrogen-bond acceptors (Lipinski definition) is 6. The van der Waals surface area contributed by atoms with Gasteiger partial charge in [-0.05, 0) is 35.2 Å². The van der Waals surface area contributed by atoms with E-state index in [9.17, 15) is 4.79 Å². The number of thiophene rings is 1. The molecule has 33 heavy (non-hydrogen) atoms. The first-order chi connectivity index (χ1) is 16.2. The Hall–Kier alpha value is -3.91. The van der Waals surface area contributed by atoms with Gasteiger partial charge in [-0.15, -0.1) is 16.4 Å². The lowest BCUT2D eigenvalue weighted by molar-refractivity contribution is -0.114. The number of hydrogen-bond donors (Lipinski definition) is 0. The Kier molecular flexibility index (Phi) is 6.16. The minimum absolute atomic E-state index is 0.155. The van der Waals surface area contributed by atoms with Crippen molar-refractivity contribution in [2.45, 2.75) is 13.1 Å². The van der Waals surface area contributed by atoms with E-state index in [1.807, 2.05) is 72.2 Å². The van der Waals surface area contributed by atoms with E-state index in [1.165, 1.54) is 6.08 Å². The normalized spacial score (nSPS) is 12.7. The van der Waals surface area contributed by atoms with E-state index >= 15 is 0 Å². The van der Waals surface area contributed by atoms with Crippen molar-refractivity contribution < 1.29 is 14.3 Å². The van der Waals surface area contributed by atoms with E-state index in [2.05, 4.69) is 10.3 Å². The van der Waals surface area contributed by atoms with Crippen molar-refractivity contribution in [2.75, 3.05) is 18.1 Å². The first-order valence-electron chi connectivity index (χ1n) is 10.6. The lowest BCUT2D eigenvalue weighted by atomic mass is 10.2. The van der Waals surface area contributed by atoms with E-state index in [-0.39, 0.29) is 5.91 Å². The fraction of sp³-hybridized carbons (Fsp3) is 0.160. The van der Waals surface area contributed by atoms with Gasteiger partial charge in [-0.3, -0.25) is 4.79 Å². The highest BCUT2D eigenvalue weighted by Crippen LogP contribution is 2.34. The molecule has 0 saturated heterocycles. The van der Waals surface area contributed by atoms with Gasteiger partial charge in [-0.25, -0.2) is 4.68 Å². The molecule has 0 saturated carbocycles. The summed E-state index contributed by atoms with van der Waals surface area (Å²) >= 11 is 1.61. The lowest BCUT2D eigenvalue weighted by Crippen LogP contribution is -2.28. The van der Waals surface area contributed by atoms with E-state index in [1.54, 1.807) is 27.0 Å². The third kappa shape index (κ3) is 5.12. The molecule has 0 unspecified atom stereocenters. The fourth-order valence-electron chi connectivity index (χ4n) is 3.54. The van der Waals surface area contributed by atoms with Crippen LogP contribution in [0.4, 0.5) is 5.69 Å². The Labute approximate surface area is 195 Å². The number of rotatable bonds is 7. The molecular formula is C25H22N4O3S. The first kappa shape index (κ1) is 21.0. The zero-order chi connectivity index (χ0) is 22.5. The van der Waals surface area contributed by atoms with Gasteiger partial charge in [0.15, 0.2) is 11.5 Å². The van der Waals surface area contributed by atoms with E-state index in [4.69, 9.17) is 9.47 Å². The van der Waals surface area contributed by atoms with Gasteiger partial charge in [0.1, 0.15) is 18.9 Å². The van der Waals surface area contributed by atoms with E-state index < -0.39 is 0 Å². The van der Waals surface area contributed by atoms with Crippen LogP contribution < -0.4 is 14.4 Å². The fourth-order valence-corrected chi connectivity index (χ4v) is 4.23. The number of carbonyl (C=O) groups is 1. The molecular weight excluding hydrogens is 436 g/mol. The Morgan fingerprint density at radius 1 is 1.06 bits per heavy atom. The highest BCUT2D eigenvalue weighted by molar-refractivity contribution is 7.09. The van der Waals surface area contributed by atoms with Crippen LogP contribution >= 0.6 is 11.3 Å². The van der Waals surface area contributed by atoms with Gasteiger partial charge >= 0.3 is 0 Å². The Morgan fingerprint density at radius 3 is 2.73 bits per heavy atom.